The molecular weight excluding hydrogens is 298 g/mol. The molecule has 2 aromatic rings. The second-order valence-corrected chi connectivity index (χ2v) is 6.46. The molecule has 0 aliphatic rings. The Labute approximate surface area is 145 Å². The normalized spacial score (nSPS) is 10.7. The molecule has 0 saturated heterocycles. The van der Waals surface area contributed by atoms with E-state index in [1.54, 1.807) is 0 Å². The van der Waals surface area contributed by atoms with Crippen LogP contribution < -0.4 is 10.1 Å². The molecule has 1 N–H and O–H groups in total. The molecule has 2 aromatic carbocycles. The van der Waals surface area contributed by atoms with Gasteiger partial charge in [-0.15, -0.1) is 0 Å². The summed E-state index contributed by atoms with van der Waals surface area (Å²) in [6.45, 7) is 8.88. The van der Waals surface area contributed by atoms with Gasteiger partial charge in [-0.1, -0.05) is 50.2 Å². The first kappa shape index (κ1) is 18.1. The monoisotopic (exact) mass is 325 g/mol. The Hall–Kier alpha value is -2.29. The molecule has 0 atom stereocenters. The summed E-state index contributed by atoms with van der Waals surface area (Å²) in [5.74, 6) is 1.31. The van der Waals surface area contributed by atoms with E-state index in [-0.39, 0.29) is 5.91 Å². The van der Waals surface area contributed by atoms with Crippen LogP contribution in [0.4, 0.5) is 5.69 Å². The van der Waals surface area contributed by atoms with Crippen LogP contribution in [0.5, 0.6) is 5.75 Å². The largest absolute Gasteiger partial charge is 0.493 e. The van der Waals surface area contributed by atoms with Crippen LogP contribution in [0.15, 0.2) is 42.5 Å². The molecule has 0 fully saturated rings. The van der Waals surface area contributed by atoms with E-state index in [9.17, 15) is 4.79 Å². The maximum Gasteiger partial charge on any atom is 0.224 e. The summed E-state index contributed by atoms with van der Waals surface area (Å²) in [4.78, 5) is 12.3. The highest BCUT2D eigenvalue weighted by atomic mass is 16.5. The Morgan fingerprint density at radius 1 is 1.04 bits per heavy atom. The average molecular weight is 325 g/mol. The summed E-state index contributed by atoms with van der Waals surface area (Å²) in [6, 6.07) is 14.1. The smallest absolute Gasteiger partial charge is 0.224 e. The first-order valence-electron chi connectivity index (χ1n) is 8.57. The minimum Gasteiger partial charge on any atom is -0.493 e. The molecule has 24 heavy (non-hydrogen) atoms. The SMILES string of the molecule is Cc1ccccc1OCCCC(=O)Nc1c(C)cccc1C(C)C. The van der Waals surface area contributed by atoms with Crippen molar-refractivity contribution in [3.63, 3.8) is 0 Å². The van der Waals surface area contributed by atoms with Crippen molar-refractivity contribution < 1.29 is 9.53 Å². The lowest BCUT2D eigenvalue weighted by Gasteiger charge is -2.16. The highest BCUT2D eigenvalue weighted by molar-refractivity contribution is 5.92. The molecule has 3 heteroatoms. The van der Waals surface area contributed by atoms with E-state index >= 15 is 0 Å². The molecule has 0 saturated carbocycles. The predicted octanol–water partition coefficient (Wildman–Crippen LogP) is 5.22. The minimum atomic E-state index is 0.0413. The zero-order valence-corrected chi connectivity index (χ0v) is 15.1. The number of ether oxygens (including phenoxy) is 1. The maximum absolute atomic E-state index is 12.3. The molecule has 0 aliphatic heterocycles. The van der Waals surface area contributed by atoms with Crippen LogP contribution in [-0.2, 0) is 4.79 Å². The van der Waals surface area contributed by atoms with Crippen molar-refractivity contribution in [3.05, 3.63) is 59.2 Å². The number of hydrogen-bond donors (Lipinski definition) is 1. The van der Waals surface area contributed by atoms with Gasteiger partial charge in [-0.2, -0.15) is 0 Å². The third-order valence-electron chi connectivity index (χ3n) is 4.09. The first-order valence-corrected chi connectivity index (χ1v) is 8.57. The third-order valence-corrected chi connectivity index (χ3v) is 4.09. The molecule has 2 rings (SSSR count). The molecule has 128 valence electrons. The summed E-state index contributed by atoms with van der Waals surface area (Å²) in [6.07, 6.45) is 1.15. The van der Waals surface area contributed by atoms with Crippen LogP contribution in [0.25, 0.3) is 0 Å². The summed E-state index contributed by atoms with van der Waals surface area (Å²) >= 11 is 0. The quantitative estimate of drug-likeness (QED) is 0.708. The van der Waals surface area contributed by atoms with Crippen molar-refractivity contribution in [2.45, 2.75) is 46.5 Å². The van der Waals surface area contributed by atoms with E-state index in [1.165, 1.54) is 5.56 Å². The van der Waals surface area contributed by atoms with Crippen molar-refractivity contribution in [2.24, 2.45) is 0 Å². The molecule has 0 spiro atoms. The van der Waals surface area contributed by atoms with Crippen LogP contribution >= 0.6 is 0 Å². The molecule has 0 unspecified atom stereocenters. The van der Waals surface area contributed by atoms with Gasteiger partial charge in [0, 0.05) is 12.1 Å². The number of carbonyl (C=O) groups excluding carboxylic acids is 1. The number of rotatable bonds is 7. The van der Waals surface area contributed by atoms with E-state index < -0.39 is 0 Å². The zero-order valence-electron chi connectivity index (χ0n) is 15.1. The summed E-state index contributed by atoms with van der Waals surface area (Å²) in [5, 5.41) is 3.08. The van der Waals surface area contributed by atoms with Crippen molar-refractivity contribution in [1.82, 2.24) is 0 Å². The zero-order chi connectivity index (χ0) is 17.5. The number of aryl methyl sites for hydroxylation is 2. The van der Waals surface area contributed by atoms with Crippen molar-refractivity contribution in [3.8, 4) is 5.75 Å². The number of hydrogen-bond acceptors (Lipinski definition) is 2. The molecule has 1 amide bonds. The Bertz CT molecular complexity index is 692. The fourth-order valence-electron chi connectivity index (χ4n) is 2.68. The Morgan fingerprint density at radius 3 is 2.46 bits per heavy atom. The Morgan fingerprint density at radius 2 is 1.75 bits per heavy atom. The lowest BCUT2D eigenvalue weighted by Crippen LogP contribution is -2.15. The Kier molecular flexibility index (Phi) is 6.42. The van der Waals surface area contributed by atoms with Crippen LogP contribution in [0, 0.1) is 13.8 Å². The standard InChI is InChI=1S/C21H27NO2/c1-15(2)18-11-7-10-17(4)21(18)22-20(23)13-8-14-24-19-12-6-5-9-16(19)3/h5-7,9-12,15H,8,13-14H2,1-4H3,(H,22,23). The van der Waals surface area contributed by atoms with Crippen LogP contribution in [0.2, 0.25) is 0 Å². The maximum atomic E-state index is 12.3. The van der Waals surface area contributed by atoms with Gasteiger partial charge in [-0.3, -0.25) is 4.79 Å². The number of nitrogens with one attached hydrogen (secondary N) is 1. The van der Waals surface area contributed by atoms with Crippen molar-refractivity contribution in [1.29, 1.82) is 0 Å². The molecular formula is C21H27NO2. The van der Waals surface area contributed by atoms with Crippen LogP contribution in [-0.4, -0.2) is 12.5 Å². The second kappa shape index (κ2) is 8.53. The van der Waals surface area contributed by atoms with Gasteiger partial charge in [-0.25, -0.2) is 0 Å². The lowest BCUT2D eigenvalue weighted by atomic mass is 9.98. The van der Waals surface area contributed by atoms with Gasteiger partial charge in [0.2, 0.25) is 5.91 Å². The molecule has 0 heterocycles. The average Bonchev–Trinajstić information content (AvgIpc) is 2.54. The van der Waals surface area contributed by atoms with Gasteiger partial charge in [-0.05, 0) is 48.9 Å². The summed E-state index contributed by atoms with van der Waals surface area (Å²) < 4.78 is 5.74. The molecule has 3 nitrogen and oxygen atoms in total. The fourth-order valence-corrected chi connectivity index (χ4v) is 2.68. The van der Waals surface area contributed by atoms with Crippen LogP contribution in [0.1, 0.15) is 49.3 Å². The topological polar surface area (TPSA) is 38.3 Å². The van der Waals surface area contributed by atoms with Crippen molar-refractivity contribution in [2.75, 3.05) is 11.9 Å². The molecule has 0 bridgehead atoms. The highest BCUT2D eigenvalue weighted by Crippen LogP contribution is 2.27. The van der Waals surface area contributed by atoms with Gasteiger partial charge in [0.1, 0.15) is 5.75 Å². The lowest BCUT2D eigenvalue weighted by molar-refractivity contribution is -0.116. The third kappa shape index (κ3) is 4.85. The number of para-hydroxylation sites is 2. The molecule has 0 aliphatic carbocycles. The van der Waals surface area contributed by atoms with Crippen molar-refractivity contribution >= 4 is 11.6 Å². The Balaban J connectivity index is 1.85. The summed E-state index contributed by atoms with van der Waals surface area (Å²) in [5.41, 5.74) is 4.35. The minimum absolute atomic E-state index is 0.0413. The van der Waals surface area contributed by atoms with Gasteiger partial charge in [0.25, 0.3) is 0 Å². The molecule has 0 radical (unpaired) electrons. The second-order valence-electron chi connectivity index (χ2n) is 6.46. The van der Waals surface area contributed by atoms with Gasteiger partial charge in [0.05, 0.1) is 6.61 Å². The molecule has 0 aromatic heterocycles. The van der Waals surface area contributed by atoms with Gasteiger partial charge < -0.3 is 10.1 Å². The van der Waals surface area contributed by atoms with Gasteiger partial charge >= 0.3 is 0 Å². The van der Waals surface area contributed by atoms with E-state index in [1.807, 2.05) is 50.2 Å². The number of anilines is 1. The first-order chi connectivity index (χ1) is 11.5. The number of benzene rings is 2. The van der Waals surface area contributed by atoms with E-state index in [0.717, 1.165) is 22.6 Å². The number of amides is 1. The van der Waals surface area contributed by atoms with E-state index in [2.05, 4.69) is 25.2 Å². The highest BCUT2D eigenvalue weighted by Gasteiger charge is 2.12. The van der Waals surface area contributed by atoms with E-state index in [4.69, 9.17) is 4.74 Å². The summed E-state index contributed by atoms with van der Waals surface area (Å²) in [7, 11) is 0. The van der Waals surface area contributed by atoms with Crippen LogP contribution in [0.3, 0.4) is 0 Å². The van der Waals surface area contributed by atoms with Gasteiger partial charge in [0.15, 0.2) is 0 Å². The predicted molar refractivity (Wildman–Crippen MR) is 99.8 cm³/mol. The van der Waals surface area contributed by atoms with E-state index in [0.29, 0.717) is 25.4 Å². The fraction of sp³-hybridized carbons (Fsp3) is 0.381. The number of carbonyl (C=O) groups is 1.